The highest BCUT2D eigenvalue weighted by atomic mass is 16.6. The van der Waals surface area contributed by atoms with Crippen LogP contribution in [-0.2, 0) is 30.5 Å². The molecule has 0 unspecified atom stereocenters. The van der Waals surface area contributed by atoms with Gasteiger partial charge in [0.25, 0.3) is 0 Å². The molecule has 1 fully saturated rings. The molecule has 1 aliphatic carbocycles. The molecule has 1 N–H and O–H groups in total. The van der Waals surface area contributed by atoms with Crippen LogP contribution >= 0.6 is 0 Å². The lowest BCUT2D eigenvalue weighted by atomic mass is 9.88. The van der Waals surface area contributed by atoms with Crippen molar-refractivity contribution in [2.45, 2.75) is 33.3 Å². The summed E-state index contributed by atoms with van der Waals surface area (Å²) in [6, 6.07) is 9.44. The van der Waals surface area contributed by atoms with Crippen LogP contribution in [0.3, 0.4) is 0 Å². The monoisotopic (exact) mass is 454 g/mol. The van der Waals surface area contributed by atoms with Crippen molar-refractivity contribution < 1.29 is 28.7 Å². The number of methoxy groups -OCH3 is 1. The van der Waals surface area contributed by atoms with E-state index in [4.69, 9.17) is 9.47 Å². The van der Waals surface area contributed by atoms with E-state index < -0.39 is 6.09 Å². The number of nitrogens with one attached hydrogen (secondary N) is 1. The first-order valence-electron chi connectivity index (χ1n) is 11.1. The van der Waals surface area contributed by atoms with Gasteiger partial charge in [-0.2, -0.15) is 0 Å². The highest BCUT2D eigenvalue weighted by Crippen LogP contribution is 2.25. The Labute approximate surface area is 193 Å². The zero-order chi connectivity index (χ0) is 24.0. The van der Waals surface area contributed by atoms with Gasteiger partial charge in [-0.3, -0.25) is 14.4 Å². The van der Waals surface area contributed by atoms with Crippen LogP contribution in [0.4, 0.5) is 4.79 Å². The van der Waals surface area contributed by atoms with E-state index in [1.165, 1.54) is 13.2 Å². The van der Waals surface area contributed by atoms with Gasteiger partial charge in [0, 0.05) is 36.7 Å². The maximum absolute atomic E-state index is 12.7. The lowest BCUT2D eigenvalue weighted by Gasteiger charge is -2.30. The Bertz CT molecular complexity index is 972. The van der Waals surface area contributed by atoms with Crippen molar-refractivity contribution in [3.63, 3.8) is 0 Å². The summed E-state index contributed by atoms with van der Waals surface area (Å²) in [5.41, 5.74) is 1.47. The topological polar surface area (TPSA) is 102 Å². The molecule has 1 aromatic rings. The molecule has 33 heavy (non-hydrogen) atoms. The third kappa shape index (κ3) is 5.88. The Balaban J connectivity index is 1.47. The quantitative estimate of drug-likeness (QED) is 0.636. The van der Waals surface area contributed by atoms with Crippen molar-refractivity contribution in [2.75, 3.05) is 26.7 Å². The normalized spacial score (nSPS) is 17.2. The summed E-state index contributed by atoms with van der Waals surface area (Å²) in [6.07, 6.45) is 1.89. The summed E-state index contributed by atoms with van der Waals surface area (Å²) in [4.78, 5) is 51.6. The van der Waals surface area contributed by atoms with E-state index in [0.717, 1.165) is 5.56 Å². The van der Waals surface area contributed by atoms with E-state index in [1.54, 1.807) is 4.90 Å². The number of carbonyl (C=O) groups excluding carboxylic acids is 4. The maximum Gasteiger partial charge on any atom is 0.410 e. The largest absolute Gasteiger partial charge is 0.492 e. The molecule has 8 nitrogen and oxygen atoms in total. The van der Waals surface area contributed by atoms with Gasteiger partial charge < -0.3 is 19.7 Å². The average Bonchev–Trinajstić information content (AvgIpc) is 2.82. The second-order valence-corrected chi connectivity index (χ2v) is 8.48. The van der Waals surface area contributed by atoms with E-state index in [2.05, 4.69) is 5.32 Å². The summed E-state index contributed by atoms with van der Waals surface area (Å²) in [6.45, 7) is 4.65. The maximum atomic E-state index is 12.7. The Hall–Kier alpha value is -3.42. The molecule has 1 heterocycles. The number of carbonyl (C=O) groups is 4. The number of ether oxygens (including phenoxy) is 2. The number of allylic oxidation sites excluding steroid dienone is 3. The summed E-state index contributed by atoms with van der Waals surface area (Å²) in [7, 11) is 1.36. The summed E-state index contributed by atoms with van der Waals surface area (Å²) in [5.74, 6) is -1.23. The van der Waals surface area contributed by atoms with E-state index in [-0.39, 0.29) is 53.8 Å². The number of Topliss-reactive ketones (excluding diaryl/α,β-unsaturated/α-hetero) is 1. The number of benzene rings is 1. The molecule has 0 aromatic heterocycles. The number of hydrogen-bond acceptors (Lipinski definition) is 6. The van der Waals surface area contributed by atoms with Crippen molar-refractivity contribution >= 4 is 23.6 Å². The Morgan fingerprint density at radius 2 is 1.79 bits per heavy atom. The molecular formula is C25H30N2O6. The Kier molecular flexibility index (Phi) is 8.03. The van der Waals surface area contributed by atoms with Gasteiger partial charge in [0.1, 0.15) is 6.61 Å². The van der Waals surface area contributed by atoms with Crippen LogP contribution < -0.4 is 5.32 Å². The number of rotatable bonds is 7. The Morgan fingerprint density at radius 1 is 1.12 bits per heavy atom. The van der Waals surface area contributed by atoms with Gasteiger partial charge in [0.2, 0.25) is 11.7 Å². The van der Waals surface area contributed by atoms with Crippen LogP contribution in [0.15, 0.2) is 53.3 Å². The molecule has 2 aliphatic rings. The number of piperidine rings is 1. The van der Waals surface area contributed by atoms with Crippen LogP contribution in [0.25, 0.3) is 0 Å². The third-order valence-electron chi connectivity index (χ3n) is 5.88. The fourth-order valence-corrected chi connectivity index (χ4v) is 4.02. The van der Waals surface area contributed by atoms with Gasteiger partial charge in [-0.05, 0) is 30.4 Å². The Morgan fingerprint density at radius 3 is 2.39 bits per heavy atom. The van der Waals surface area contributed by atoms with Crippen LogP contribution in [0, 0.1) is 11.8 Å². The molecule has 1 aliphatic heterocycles. The number of nitrogens with zero attached hydrogens (tertiary/aromatic N) is 1. The predicted octanol–water partition coefficient (Wildman–Crippen LogP) is 2.79. The molecule has 0 bridgehead atoms. The highest BCUT2D eigenvalue weighted by Gasteiger charge is 2.32. The molecule has 8 heteroatoms. The standard InChI is InChI=1S/C25H30N2O6/c1-16(2)21-20(28)13-19(22(29)23(21)32-3)14-26-24(30)18-9-11-27(12-10-18)25(31)33-15-17-7-5-4-6-8-17/h4-8,13,16,18H,9-12,14-15H2,1-3H3,(H,26,30). The van der Waals surface area contributed by atoms with Gasteiger partial charge in [0.15, 0.2) is 11.5 Å². The highest BCUT2D eigenvalue weighted by molar-refractivity contribution is 6.22. The van der Waals surface area contributed by atoms with E-state index in [0.29, 0.717) is 31.5 Å². The molecule has 1 saturated heterocycles. The number of likely N-dealkylation sites (tertiary alicyclic amines) is 1. The van der Waals surface area contributed by atoms with E-state index >= 15 is 0 Å². The van der Waals surface area contributed by atoms with E-state index in [9.17, 15) is 19.2 Å². The molecule has 1 aromatic carbocycles. The molecule has 0 saturated carbocycles. The lowest BCUT2D eigenvalue weighted by Crippen LogP contribution is -2.44. The van der Waals surface area contributed by atoms with Crippen molar-refractivity contribution in [3.8, 4) is 0 Å². The first kappa shape index (κ1) is 24.2. The van der Waals surface area contributed by atoms with Gasteiger partial charge >= 0.3 is 6.09 Å². The van der Waals surface area contributed by atoms with Gasteiger partial charge in [0.05, 0.1) is 7.11 Å². The number of hydrogen-bond donors (Lipinski definition) is 1. The van der Waals surface area contributed by atoms with Crippen molar-refractivity contribution in [3.05, 3.63) is 58.9 Å². The van der Waals surface area contributed by atoms with Gasteiger partial charge in [-0.15, -0.1) is 0 Å². The lowest BCUT2D eigenvalue weighted by molar-refractivity contribution is -0.126. The fourth-order valence-electron chi connectivity index (χ4n) is 4.02. The molecule has 0 spiro atoms. The minimum absolute atomic E-state index is 0.0407. The molecule has 0 radical (unpaired) electrons. The predicted molar refractivity (Wildman–Crippen MR) is 121 cm³/mol. The smallest absolute Gasteiger partial charge is 0.410 e. The molecule has 176 valence electrons. The van der Waals surface area contributed by atoms with Gasteiger partial charge in [-0.1, -0.05) is 44.2 Å². The number of amides is 2. The van der Waals surface area contributed by atoms with Crippen molar-refractivity contribution in [2.24, 2.45) is 11.8 Å². The SMILES string of the molecule is COC1=C(C(C)C)C(=O)C=C(CNC(=O)C2CCN(C(=O)OCc3ccccc3)CC2)C1=O. The van der Waals surface area contributed by atoms with Crippen molar-refractivity contribution in [1.82, 2.24) is 10.2 Å². The van der Waals surface area contributed by atoms with Crippen LogP contribution in [0.2, 0.25) is 0 Å². The minimum Gasteiger partial charge on any atom is -0.492 e. The zero-order valence-corrected chi connectivity index (χ0v) is 19.3. The molecule has 0 atom stereocenters. The van der Waals surface area contributed by atoms with Crippen molar-refractivity contribution in [1.29, 1.82) is 0 Å². The zero-order valence-electron chi connectivity index (χ0n) is 19.3. The minimum atomic E-state index is -0.394. The van der Waals surface area contributed by atoms with Gasteiger partial charge in [-0.25, -0.2) is 4.79 Å². The van der Waals surface area contributed by atoms with E-state index in [1.807, 2.05) is 44.2 Å². The molecular weight excluding hydrogens is 424 g/mol. The molecule has 2 amide bonds. The second-order valence-electron chi connectivity index (χ2n) is 8.48. The first-order valence-corrected chi connectivity index (χ1v) is 11.1. The summed E-state index contributed by atoms with van der Waals surface area (Å²) >= 11 is 0. The third-order valence-corrected chi connectivity index (χ3v) is 5.88. The second kappa shape index (κ2) is 10.9. The number of ketones is 2. The van der Waals surface area contributed by atoms with Crippen LogP contribution in [0.1, 0.15) is 32.3 Å². The van der Waals surface area contributed by atoms with Crippen LogP contribution in [-0.4, -0.2) is 55.2 Å². The summed E-state index contributed by atoms with van der Waals surface area (Å²) < 4.78 is 10.5. The summed E-state index contributed by atoms with van der Waals surface area (Å²) in [5, 5.41) is 2.76. The fraction of sp³-hybridized carbons (Fsp3) is 0.440. The average molecular weight is 455 g/mol. The first-order chi connectivity index (χ1) is 15.8. The van der Waals surface area contributed by atoms with Crippen LogP contribution in [0.5, 0.6) is 0 Å². The molecule has 3 rings (SSSR count).